The molecule has 0 radical (unpaired) electrons. The van der Waals surface area contributed by atoms with Crippen LogP contribution in [-0.4, -0.2) is 35.8 Å². The lowest BCUT2D eigenvalue weighted by Crippen LogP contribution is -2.48. The summed E-state index contributed by atoms with van der Waals surface area (Å²) in [6.07, 6.45) is 1.14. The van der Waals surface area contributed by atoms with Crippen LogP contribution in [0.15, 0.2) is 67.3 Å². The van der Waals surface area contributed by atoms with Gasteiger partial charge in [-0.2, -0.15) is 0 Å². The molecule has 0 saturated carbocycles. The van der Waals surface area contributed by atoms with E-state index in [4.69, 9.17) is 9.47 Å². The molecule has 0 aliphatic carbocycles. The molecule has 2 aromatic rings. The summed E-state index contributed by atoms with van der Waals surface area (Å²) in [6, 6.07) is 16.7. The number of fused-ring (bicyclic) bond motifs is 3. The highest BCUT2D eigenvalue weighted by Gasteiger charge is 2.52. The predicted octanol–water partition coefficient (Wildman–Crippen LogP) is 3.66. The highest BCUT2D eigenvalue weighted by molar-refractivity contribution is 5.84. The maximum absolute atomic E-state index is 12.9. The molecule has 28 heavy (non-hydrogen) atoms. The molecule has 4 rings (SSSR count). The fraction of sp³-hybridized carbons (Fsp3) is 0.273. The minimum absolute atomic E-state index is 0.0155. The second-order valence-corrected chi connectivity index (χ2v) is 6.90. The predicted molar refractivity (Wildman–Crippen MR) is 105 cm³/mol. The van der Waals surface area contributed by atoms with Crippen molar-refractivity contribution in [3.05, 3.63) is 78.4 Å². The van der Waals surface area contributed by atoms with Gasteiger partial charge in [-0.25, -0.2) is 9.59 Å². The normalized spacial score (nSPS) is 22.0. The van der Waals surface area contributed by atoms with E-state index in [9.17, 15) is 9.59 Å². The van der Waals surface area contributed by atoms with Gasteiger partial charge in [0.05, 0.1) is 0 Å². The molecule has 2 aromatic carbocycles. The molecule has 1 N–H and O–H groups in total. The van der Waals surface area contributed by atoms with Gasteiger partial charge in [-0.3, -0.25) is 4.90 Å². The number of nitrogens with one attached hydrogen (secondary N) is 1. The Morgan fingerprint density at radius 2 is 1.86 bits per heavy atom. The molecule has 2 aliphatic heterocycles. The van der Waals surface area contributed by atoms with Crippen LogP contribution in [0.4, 0.5) is 10.5 Å². The Balaban J connectivity index is 1.55. The van der Waals surface area contributed by atoms with Gasteiger partial charge in [-0.05, 0) is 23.6 Å². The number of carbonyl (C=O) groups is 2. The molecule has 3 atom stereocenters. The van der Waals surface area contributed by atoms with Gasteiger partial charge in [0.25, 0.3) is 0 Å². The molecule has 2 heterocycles. The van der Waals surface area contributed by atoms with Crippen LogP contribution in [0, 0.1) is 0 Å². The van der Waals surface area contributed by atoms with E-state index in [1.165, 1.54) is 11.0 Å². The third kappa shape index (κ3) is 3.33. The first-order valence-electron chi connectivity index (χ1n) is 9.31. The van der Waals surface area contributed by atoms with Gasteiger partial charge in [0.2, 0.25) is 0 Å². The minimum atomic E-state index is -0.695. The topological polar surface area (TPSA) is 67.9 Å². The van der Waals surface area contributed by atoms with Crippen molar-refractivity contribution in [1.82, 2.24) is 4.90 Å². The van der Waals surface area contributed by atoms with Crippen molar-refractivity contribution in [3.8, 4) is 0 Å². The summed E-state index contributed by atoms with van der Waals surface area (Å²) < 4.78 is 10.8. The maximum Gasteiger partial charge on any atom is 0.412 e. The quantitative estimate of drug-likeness (QED) is 0.635. The van der Waals surface area contributed by atoms with Crippen LogP contribution in [0.3, 0.4) is 0 Å². The smallest absolute Gasteiger partial charge is 0.412 e. The molecule has 0 spiro atoms. The summed E-state index contributed by atoms with van der Waals surface area (Å²) in [7, 11) is 0. The maximum atomic E-state index is 12.9. The van der Waals surface area contributed by atoms with Crippen LogP contribution < -0.4 is 5.32 Å². The van der Waals surface area contributed by atoms with E-state index in [-0.39, 0.29) is 25.3 Å². The lowest BCUT2D eigenvalue weighted by atomic mass is 9.96. The van der Waals surface area contributed by atoms with Gasteiger partial charge >= 0.3 is 12.1 Å². The Morgan fingerprint density at radius 3 is 2.64 bits per heavy atom. The minimum Gasteiger partial charge on any atom is -0.460 e. The number of carbonyl (C=O) groups excluding carboxylic acids is 2. The average Bonchev–Trinajstić information content (AvgIpc) is 3.27. The van der Waals surface area contributed by atoms with E-state index in [1.54, 1.807) is 0 Å². The van der Waals surface area contributed by atoms with E-state index in [0.29, 0.717) is 6.42 Å². The zero-order valence-electron chi connectivity index (χ0n) is 15.4. The molecule has 0 aromatic heterocycles. The van der Waals surface area contributed by atoms with Gasteiger partial charge in [0.15, 0.2) is 0 Å². The molecule has 6 heteroatoms. The summed E-state index contributed by atoms with van der Waals surface area (Å²) in [5.41, 5.74) is 2.98. The van der Waals surface area contributed by atoms with Crippen LogP contribution in [-0.2, 0) is 20.9 Å². The van der Waals surface area contributed by atoms with Gasteiger partial charge in [0, 0.05) is 11.6 Å². The second-order valence-electron chi connectivity index (χ2n) is 6.90. The van der Waals surface area contributed by atoms with Crippen LogP contribution >= 0.6 is 0 Å². The molecular weight excluding hydrogens is 356 g/mol. The molecule has 0 bridgehead atoms. The number of esters is 1. The van der Waals surface area contributed by atoms with Crippen molar-refractivity contribution >= 4 is 17.7 Å². The van der Waals surface area contributed by atoms with Gasteiger partial charge in [0.1, 0.15) is 25.4 Å². The van der Waals surface area contributed by atoms with Crippen molar-refractivity contribution < 1.29 is 19.1 Å². The lowest BCUT2D eigenvalue weighted by molar-refractivity contribution is -0.147. The SMILES string of the molecule is C=CCOC(=O)[C@H]1C[C@H]2c3ccccc3N[C@H]2N1C(=O)OCc1ccccc1. The first-order chi connectivity index (χ1) is 13.7. The fourth-order valence-electron chi connectivity index (χ4n) is 3.93. The Labute approximate surface area is 163 Å². The molecular formula is C22H22N2O4. The van der Waals surface area contributed by atoms with Crippen LogP contribution in [0.25, 0.3) is 0 Å². The third-order valence-electron chi connectivity index (χ3n) is 5.19. The lowest BCUT2D eigenvalue weighted by Gasteiger charge is -2.28. The Morgan fingerprint density at radius 1 is 1.11 bits per heavy atom. The van der Waals surface area contributed by atoms with Gasteiger partial charge < -0.3 is 14.8 Å². The van der Waals surface area contributed by atoms with E-state index in [0.717, 1.165) is 16.8 Å². The summed E-state index contributed by atoms with van der Waals surface area (Å²) in [5, 5.41) is 3.36. The van der Waals surface area contributed by atoms with Crippen LogP contribution in [0.2, 0.25) is 0 Å². The number of ether oxygens (including phenoxy) is 2. The van der Waals surface area contributed by atoms with E-state index >= 15 is 0 Å². The molecule has 1 saturated heterocycles. The fourth-order valence-corrected chi connectivity index (χ4v) is 3.93. The zero-order valence-corrected chi connectivity index (χ0v) is 15.4. The molecule has 144 valence electrons. The van der Waals surface area contributed by atoms with Crippen molar-refractivity contribution in [2.24, 2.45) is 0 Å². The van der Waals surface area contributed by atoms with E-state index in [2.05, 4.69) is 11.9 Å². The number of anilines is 1. The summed E-state index contributed by atoms with van der Waals surface area (Å²) >= 11 is 0. The van der Waals surface area contributed by atoms with E-state index < -0.39 is 18.1 Å². The van der Waals surface area contributed by atoms with Gasteiger partial charge in [-0.15, -0.1) is 0 Å². The summed E-state index contributed by atoms with van der Waals surface area (Å²) in [6.45, 7) is 3.83. The van der Waals surface area contributed by atoms with Crippen LogP contribution in [0.5, 0.6) is 0 Å². The molecule has 6 nitrogen and oxygen atoms in total. The Hall–Kier alpha value is -3.28. The van der Waals surface area contributed by atoms with E-state index in [1.807, 2.05) is 54.6 Å². The first kappa shape index (κ1) is 18.1. The van der Waals surface area contributed by atoms with Crippen molar-refractivity contribution in [2.45, 2.75) is 31.2 Å². The standard InChI is InChI=1S/C22H22N2O4/c1-2-12-27-21(25)19-13-17-16-10-6-7-11-18(16)23-20(17)24(19)22(26)28-14-15-8-4-3-5-9-15/h2-11,17,19-20,23H,1,12-14H2/t17-,19+,20-/m0/s1. The first-order valence-corrected chi connectivity index (χ1v) is 9.31. The van der Waals surface area contributed by atoms with Gasteiger partial charge in [-0.1, -0.05) is 61.2 Å². The second kappa shape index (κ2) is 7.76. The number of likely N-dealkylation sites (tertiary alicyclic amines) is 1. The number of hydrogen-bond acceptors (Lipinski definition) is 5. The van der Waals surface area contributed by atoms with Crippen LogP contribution in [0.1, 0.15) is 23.5 Å². The van der Waals surface area contributed by atoms with Crippen molar-refractivity contribution in [2.75, 3.05) is 11.9 Å². The zero-order chi connectivity index (χ0) is 19.5. The average molecular weight is 378 g/mol. The number of benzene rings is 2. The molecule has 2 aliphatic rings. The monoisotopic (exact) mass is 378 g/mol. The number of para-hydroxylation sites is 1. The summed E-state index contributed by atoms with van der Waals surface area (Å²) in [5.74, 6) is -0.424. The summed E-state index contributed by atoms with van der Waals surface area (Å²) in [4.78, 5) is 27.0. The third-order valence-corrected chi connectivity index (χ3v) is 5.19. The highest BCUT2D eigenvalue weighted by atomic mass is 16.6. The van der Waals surface area contributed by atoms with Crippen molar-refractivity contribution in [1.29, 1.82) is 0 Å². The number of nitrogens with zero attached hydrogens (tertiary/aromatic N) is 1. The Bertz CT molecular complexity index is 883. The highest BCUT2D eigenvalue weighted by Crippen LogP contribution is 2.46. The molecule has 0 unspecified atom stereocenters. The largest absolute Gasteiger partial charge is 0.460 e. The van der Waals surface area contributed by atoms with Crippen molar-refractivity contribution in [3.63, 3.8) is 0 Å². The number of rotatable bonds is 5. The molecule has 1 amide bonds. The number of hydrogen-bond donors (Lipinski definition) is 1. The molecule has 1 fully saturated rings. The number of amides is 1. The Kier molecular flexibility index (Phi) is 5.02.